The summed E-state index contributed by atoms with van der Waals surface area (Å²) in [6, 6.07) is 7.11. The van der Waals surface area contributed by atoms with Gasteiger partial charge in [-0.15, -0.1) is 0 Å². The zero-order valence-corrected chi connectivity index (χ0v) is 12.4. The van der Waals surface area contributed by atoms with Crippen molar-refractivity contribution in [2.24, 2.45) is 5.92 Å². The molecule has 0 radical (unpaired) electrons. The number of carboxylic acids is 1. The Balaban J connectivity index is 2.18. The van der Waals surface area contributed by atoms with Gasteiger partial charge in [-0.3, -0.25) is 9.59 Å². The molecule has 1 fully saturated rings. The van der Waals surface area contributed by atoms with Gasteiger partial charge in [0.25, 0.3) is 5.91 Å². The zero-order chi connectivity index (χ0) is 15.4. The molecule has 0 aliphatic carbocycles. The first-order valence-corrected chi connectivity index (χ1v) is 7.26. The van der Waals surface area contributed by atoms with Crippen LogP contribution < -0.4 is 4.74 Å². The molecule has 0 bridgehead atoms. The standard InChI is InChI=1S/C16H21NO4/c1-11(2)21-14-8-4-3-7-13(14)15(18)17-9-5-6-12(10-17)16(19)20/h3-4,7-8,11-12H,5-6,9-10H2,1-2H3,(H,19,20). The van der Waals surface area contributed by atoms with Gasteiger partial charge in [-0.1, -0.05) is 12.1 Å². The van der Waals surface area contributed by atoms with Crippen molar-refractivity contribution in [3.8, 4) is 5.75 Å². The summed E-state index contributed by atoms with van der Waals surface area (Å²) < 4.78 is 5.67. The van der Waals surface area contributed by atoms with Crippen molar-refractivity contribution < 1.29 is 19.4 Å². The number of hydrogen-bond acceptors (Lipinski definition) is 3. The van der Waals surface area contributed by atoms with E-state index < -0.39 is 11.9 Å². The Kier molecular flexibility index (Phi) is 4.83. The lowest BCUT2D eigenvalue weighted by molar-refractivity contribution is -0.143. The molecule has 0 aromatic heterocycles. The summed E-state index contributed by atoms with van der Waals surface area (Å²) in [6.07, 6.45) is 1.33. The zero-order valence-electron chi connectivity index (χ0n) is 12.4. The van der Waals surface area contributed by atoms with Gasteiger partial charge in [-0.2, -0.15) is 0 Å². The van der Waals surface area contributed by atoms with E-state index in [1.54, 1.807) is 23.1 Å². The van der Waals surface area contributed by atoms with Gasteiger partial charge in [0.1, 0.15) is 5.75 Å². The van der Waals surface area contributed by atoms with Crippen molar-refractivity contribution in [1.82, 2.24) is 4.90 Å². The molecule has 0 saturated carbocycles. The highest BCUT2D eigenvalue weighted by molar-refractivity contribution is 5.97. The lowest BCUT2D eigenvalue weighted by Crippen LogP contribution is -2.42. The third-order valence-electron chi connectivity index (χ3n) is 3.54. The minimum atomic E-state index is -0.834. The Bertz CT molecular complexity index is 527. The van der Waals surface area contributed by atoms with E-state index >= 15 is 0 Å². The van der Waals surface area contributed by atoms with Crippen LogP contribution in [-0.4, -0.2) is 41.1 Å². The van der Waals surface area contributed by atoms with Crippen molar-refractivity contribution in [1.29, 1.82) is 0 Å². The summed E-state index contributed by atoms with van der Waals surface area (Å²) in [5.41, 5.74) is 0.497. The molecular weight excluding hydrogens is 270 g/mol. The summed E-state index contributed by atoms with van der Waals surface area (Å²) in [6.45, 7) is 4.67. The van der Waals surface area contributed by atoms with Gasteiger partial charge in [-0.05, 0) is 38.8 Å². The second-order valence-electron chi connectivity index (χ2n) is 5.59. The predicted octanol–water partition coefficient (Wildman–Crippen LogP) is 2.41. The monoisotopic (exact) mass is 291 g/mol. The van der Waals surface area contributed by atoms with Crippen LogP contribution in [0.2, 0.25) is 0 Å². The first-order valence-electron chi connectivity index (χ1n) is 7.26. The topological polar surface area (TPSA) is 66.8 Å². The lowest BCUT2D eigenvalue weighted by Gasteiger charge is -2.31. The smallest absolute Gasteiger partial charge is 0.308 e. The van der Waals surface area contributed by atoms with Gasteiger partial charge < -0.3 is 14.7 Å². The van der Waals surface area contributed by atoms with Gasteiger partial charge >= 0.3 is 5.97 Å². The van der Waals surface area contributed by atoms with E-state index in [1.807, 2.05) is 19.9 Å². The van der Waals surface area contributed by atoms with Crippen LogP contribution in [0.3, 0.4) is 0 Å². The van der Waals surface area contributed by atoms with Crippen LogP contribution in [0, 0.1) is 5.92 Å². The number of likely N-dealkylation sites (tertiary alicyclic amines) is 1. The number of carbonyl (C=O) groups is 2. The fourth-order valence-electron chi connectivity index (χ4n) is 2.53. The summed E-state index contributed by atoms with van der Waals surface area (Å²) in [5, 5.41) is 9.12. The number of rotatable bonds is 4. The van der Waals surface area contributed by atoms with E-state index in [0.717, 1.165) is 6.42 Å². The molecule has 114 valence electrons. The highest BCUT2D eigenvalue weighted by Crippen LogP contribution is 2.24. The number of ether oxygens (including phenoxy) is 1. The van der Waals surface area contributed by atoms with Crippen LogP contribution in [0.1, 0.15) is 37.0 Å². The van der Waals surface area contributed by atoms with Crippen molar-refractivity contribution in [2.75, 3.05) is 13.1 Å². The Morgan fingerprint density at radius 2 is 2.05 bits per heavy atom. The fraction of sp³-hybridized carbons (Fsp3) is 0.500. The van der Waals surface area contributed by atoms with Crippen molar-refractivity contribution >= 4 is 11.9 Å². The SMILES string of the molecule is CC(C)Oc1ccccc1C(=O)N1CCCC(C(=O)O)C1. The fourth-order valence-corrected chi connectivity index (χ4v) is 2.53. The first kappa shape index (κ1) is 15.4. The van der Waals surface area contributed by atoms with Crippen LogP contribution in [-0.2, 0) is 4.79 Å². The summed E-state index contributed by atoms with van der Waals surface area (Å²) in [4.78, 5) is 25.3. The molecule has 1 heterocycles. The van der Waals surface area contributed by atoms with Crippen LogP contribution in [0.5, 0.6) is 5.75 Å². The van der Waals surface area contributed by atoms with Gasteiger partial charge in [0.05, 0.1) is 17.6 Å². The second-order valence-corrected chi connectivity index (χ2v) is 5.59. The highest BCUT2D eigenvalue weighted by atomic mass is 16.5. The highest BCUT2D eigenvalue weighted by Gasteiger charge is 2.29. The van der Waals surface area contributed by atoms with E-state index in [4.69, 9.17) is 9.84 Å². The van der Waals surface area contributed by atoms with Gasteiger partial charge in [0.2, 0.25) is 0 Å². The Morgan fingerprint density at radius 1 is 1.33 bits per heavy atom. The van der Waals surface area contributed by atoms with E-state index in [0.29, 0.717) is 24.3 Å². The van der Waals surface area contributed by atoms with Crippen LogP contribution >= 0.6 is 0 Å². The van der Waals surface area contributed by atoms with Gasteiger partial charge in [0.15, 0.2) is 0 Å². The molecule has 1 unspecified atom stereocenters. The molecule has 0 spiro atoms. The second kappa shape index (κ2) is 6.61. The number of carboxylic acid groups (broad SMARTS) is 1. The normalized spacial score (nSPS) is 18.6. The average molecular weight is 291 g/mol. The molecule has 1 aromatic rings. The minimum Gasteiger partial charge on any atom is -0.490 e. The summed E-state index contributed by atoms with van der Waals surface area (Å²) >= 11 is 0. The first-order chi connectivity index (χ1) is 9.99. The molecule has 1 N–H and O–H groups in total. The Morgan fingerprint density at radius 3 is 2.71 bits per heavy atom. The Labute approximate surface area is 124 Å². The lowest BCUT2D eigenvalue weighted by atomic mass is 9.97. The molecular formula is C16H21NO4. The third kappa shape index (κ3) is 3.74. The van der Waals surface area contributed by atoms with Crippen LogP contribution in [0.4, 0.5) is 0 Å². The van der Waals surface area contributed by atoms with Crippen molar-refractivity contribution in [3.63, 3.8) is 0 Å². The molecule has 1 saturated heterocycles. The molecule has 1 amide bonds. The van der Waals surface area contributed by atoms with E-state index in [9.17, 15) is 9.59 Å². The van der Waals surface area contributed by atoms with E-state index in [-0.39, 0.29) is 18.6 Å². The largest absolute Gasteiger partial charge is 0.490 e. The number of nitrogens with zero attached hydrogens (tertiary/aromatic N) is 1. The minimum absolute atomic E-state index is 0.0212. The molecule has 1 aromatic carbocycles. The number of carbonyl (C=O) groups excluding carboxylic acids is 1. The third-order valence-corrected chi connectivity index (χ3v) is 3.54. The quantitative estimate of drug-likeness (QED) is 0.925. The maximum absolute atomic E-state index is 12.6. The average Bonchev–Trinajstić information content (AvgIpc) is 2.46. The number of amides is 1. The molecule has 1 atom stereocenters. The van der Waals surface area contributed by atoms with Crippen LogP contribution in [0.25, 0.3) is 0 Å². The molecule has 1 aliphatic heterocycles. The van der Waals surface area contributed by atoms with Gasteiger partial charge in [-0.25, -0.2) is 0 Å². The number of benzene rings is 1. The molecule has 1 aliphatic rings. The van der Waals surface area contributed by atoms with Crippen molar-refractivity contribution in [2.45, 2.75) is 32.8 Å². The maximum Gasteiger partial charge on any atom is 0.308 e. The van der Waals surface area contributed by atoms with Crippen molar-refractivity contribution in [3.05, 3.63) is 29.8 Å². The van der Waals surface area contributed by atoms with E-state index in [1.165, 1.54) is 0 Å². The Hall–Kier alpha value is -2.04. The predicted molar refractivity (Wildman–Crippen MR) is 78.5 cm³/mol. The van der Waals surface area contributed by atoms with E-state index in [2.05, 4.69) is 0 Å². The van der Waals surface area contributed by atoms with Crippen LogP contribution in [0.15, 0.2) is 24.3 Å². The molecule has 21 heavy (non-hydrogen) atoms. The molecule has 5 nitrogen and oxygen atoms in total. The summed E-state index contributed by atoms with van der Waals surface area (Å²) in [5.74, 6) is -0.910. The van der Waals surface area contributed by atoms with Gasteiger partial charge in [0, 0.05) is 13.1 Å². The molecule has 2 rings (SSSR count). The molecule has 5 heteroatoms. The number of piperidine rings is 1. The number of aliphatic carboxylic acids is 1. The number of para-hydroxylation sites is 1. The number of hydrogen-bond donors (Lipinski definition) is 1. The summed E-state index contributed by atoms with van der Waals surface area (Å²) in [7, 11) is 0. The maximum atomic E-state index is 12.6.